The molecule has 11 heteroatoms. The van der Waals surface area contributed by atoms with Crippen molar-refractivity contribution in [3.63, 3.8) is 0 Å². The van der Waals surface area contributed by atoms with Crippen molar-refractivity contribution in [2.75, 3.05) is 18.1 Å². The van der Waals surface area contributed by atoms with Gasteiger partial charge in [-0.25, -0.2) is 18.6 Å². The Morgan fingerprint density at radius 2 is 1.80 bits per heavy atom. The van der Waals surface area contributed by atoms with E-state index in [4.69, 9.17) is 20.6 Å². The van der Waals surface area contributed by atoms with Gasteiger partial charge < -0.3 is 24.5 Å². The highest BCUT2D eigenvalue weighted by molar-refractivity contribution is 6.74. The van der Waals surface area contributed by atoms with Crippen LogP contribution >= 0.6 is 0 Å². The number of carboxylic acid groups (broad SMARTS) is 1. The third-order valence-corrected chi connectivity index (χ3v) is 12.9. The van der Waals surface area contributed by atoms with Crippen molar-refractivity contribution in [3.05, 3.63) is 82.5 Å². The highest BCUT2D eigenvalue weighted by Crippen LogP contribution is 2.44. The van der Waals surface area contributed by atoms with Gasteiger partial charge in [-0.05, 0) is 53.5 Å². The minimum Gasteiger partial charge on any atom is -0.530 e. The topological polar surface area (TPSA) is 101 Å². The van der Waals surface area contributed by atoms with E-state index in [1.165, 1.54) is 17.0 Å². The van der Waals surface area contributed by atoms with Crippen LogP contribution in [0.4, 0.5) is 19.3 Å². The number of terminal acetylenes is 1. The molecule has 2 heterocycles. The number of anilines is 1. The fraction of sp³-hybridized carbons (Fsp3) is 0.400. The molecule has 0 radical (unpaired) electrons. The summed E-state index contributed by atoms with van der Waals surface area (Å²) in [5.41, 5.74) is 1.99. The molecule has 2 amide bonds. The van der Waals surface area contributed by atoms with Crippen molar-refractivity contribution in [3.8, 4) is 24.0 Å². The molecule has 0 aliphatic carbocycles. The lowest BCUT2D eigenvalue weighted by Gasteiger charge is -2.36. The minimum atomic E-state index is -2.42. The van der Waals surface area contributed by atoms with E-state index in [0.29, 0.717) is 34.1 Å². The number of carbonyl (C=O) groups excluding carboxylic acids is 1. The Morgan fingerprint density at radius 3 is 2.39 bits per heavy atom. The van der Waals surface area contributed by atoms with E-state index in [1.807, 2.05) is 13.8 Å². The molecule has 2 aromatic carbocycles. The van der Waals surface area contributed by atoms with Crippen molar-refractivity contribution >= 4 is 26.0 Å². The van der Waals surface area contributed by atoms with Crippen LogP contribution in [0.2, 0.25) is 18.1 Å². The lowest BCUT2D eigenvalue weighted by molar-refractivity contribution is -0.120. The molecule has 0 fully saturated rings. The standard InChI is InChI=1S/C35H41F2N3O5Si/c1-9-16-44-26-14-10-22(11-15-26)17-28(38-33(42)43)32(41)40-21-35(5,6)30-29(40)19-24(18-23-12-13-25(36)20-27(23)37)31(39-30)45-46(7,8)34(2,3)4/h1,10-15,19-20,28,38H,16-18,21H2,2-8H3,(H,42,43)/t28-/m0/s1. The molecule has 0 spiro atoms. The monoisotopic (exact) mass is 649 g/mol. The summed E-state index contributed by atoms with van der Waals surface area (Å²) in [6.45, 7) is 14.7. The number of fused-ring (bicyclic) bond motifs is 1. The predicted octanol–water partition coefficient (Wildman–Crippen LogP) is 6.85. The molecule has 1 aliphatic heterocycles. The summed E-state index contributed by atoms with van der Waals surface area (Å²) in [4.78, 5) is 32.5. The Morgan fingerprint density at radius 1 is 1.13 bits per heavy atom. The van der Waals surface area contributed by atoms with Crippen molar-refractivity contribution < 1.29 is 32.6 Å². The average Bonchev–Trinajstić information content (AvgIpc) is 3.21. The van der Waals surface area contributed by atoms with E-state index >= 15 is 0 Å². The molecule has 1 aromatic heterocycles. The van der Waals surface area contributed by atoms with E-state index in [1.54, 1.807) is 30.3 Å². The summed E-state index contributed by atoms with van der Waals surface area (Å²) in [7, 11) is -2.42. The Hall–Kier alpha value is -4.43. The molecule has 4 rings (SSSR count). The normalized spacial score (nSPS) is 14.7. The molecule has 8 nitrogen and oxygen atoms in total. The molecular weight excluding hydrogens is 608 g/mol. The second-order valence-electron chi connectivity index (χ2n) is 13.7. The summed E-state index contributed by atoms with van der Waals surface area (Å²) in [6, 6.07) is 11.0. The number of halogens is 2. The number of hydrogen-bond acceptors (Lipinski definition) is 5. The smallest absolute Gasteiger partial charge is 0.405 e. The highest BCUT2D eigenvalue weighted by Gasteiger charge is 2.44. The van der Waals surface area contributed by atoms with Crippen molar-refractivity contribution in [2.45, 2.75) is 77.0 Å². The van der Waals surface area contributed by atoms with E-state index in [2.05, 4.69) is 45.1 Å². The average molecular weight is 650 g/mol. The minimum absolute atomic E-state index is 0.0453. The zero-order valence-corrected chi connectivity index (χ0v) is 28.3. The van der Waals surface area contributed by atoms with Crippen LogP contribution in [0, 0.1) is 24.0 Å². The lowest BCUT2D eigenvalue weighted by atomic mass is 9.90. The Bertz CT molecular complexity index is 1660. The van der Waals surface area contributed by atoms with Gasteiger partial charge in [0.05, 0.1) is 11.4 Å². The number of carbonyl (C=O) groups is 2. The maximum atomic E-state index is 14.9. The fourth-order valence-corrected chi connectivity index (χ4v) is 6.05. The van der Waals surface area contributed by atoms with E-state index in [-0.39, 0.29) is 36.6 Å². The van der Waals surface area contributed by atoms with Crippen LogP contribution in [0.1, 0.15) is 57.0 Å². The maximum Gasteiger partial charge on any atom is 0.405 e. The summed E-state index contributed by atoms with van der Waals surface area (Å²) in [5.74, 6) is 1.46. The second-order valence-corrected chi connectivity index (χ2v) is 18.5. The number of pyridine rings is 1. The van der Waals surface area contributed by atoms with Crippen LogP contribution in [-0.4, -0.2) is 49.6 Å². The number of rotatable bonds is 10. The van der Waals surface area contributed by atoms with Gasteiger partial charge in [-0.3, -0.25) is 4.79 Å². The SMILES string of the molecule is C#CCOc1ccc(C[C@H](NC(=O)O)C(=O)N2CC(C)(C)c3nc(O[Si](C)(C)C(C)(C)C)c(Cc4ccc(F)cc4F)cc32)cc1. The summed E-state index contributed by atoms with van der Waals surface area (Å²) >= 11 is 0. The van der Waals surface area contributed by atoms with Crippen LogP contribution in [0.15, 0.2) is 48.5 Å². The molecule has 0 unspecified atom stereocenters. The summed E-state index contributed by atoms with van der Waals surface area (Å²) in [6.07, 6.45) is 4.05. The predicted molar refractivity (Wildman–Crippen MR) is 176 cm³/mol. The number of benzene rings is 2. The number of nitrogens with zero attached hydrogens (tertiary/aromatic N) is 2. The highest BCUT2D eigenvalue weighted by atomic mass is 28.4. The molecule has 0 bridgehead atoms. The summed E-state index contributed by atoms with van der Waals surface area (Å²) < 4.78 is 40.7. The quantitative estimate of drug-likeness (QED) is 0.184. The molecular formula is C35H41F2N3O5Si. The third kappa shape index (κ3) is 7.68. The van der Waals surface area contributed by atoms with Crippen LogP contribution < -0.4 is 19.4 Å². The number of aromatic nitrogens is 1. The second kappa shape index (κ2) is 13.1. The molecule has 1 atom stereocenters. The number of nitrogens with one attached hydrogen (secondary N) is 1. The first-order chi connectivity index (χ1) is 21.4. The molecule has 1 aliphatic rings. The zero-order chi connectivity index (χ0) is 34.0. The number of amides is 2. The van der Waals surface area contributed by atoms with Gasteiger partial charge in [0.15, 0.2) is 0 Å². The summed E-state index contributed by atoms with van der Waals surface area (Å²) in [5, 5.41) is 11.9. The Labute approximate surface area is 270 Å². The molecule has 244 valence electrons. The van der Waals surface area contributed by atoms with Crippen LogP contribution in [0.25, 0.3) is 0 Å². The van der Waals surface area contributed by atoms with Gasteiger partial charge in [0.2, 0.25) is 11.8 Å². The largest absolute Gasteiger partial charge is 0.530 e. The van der Waals surface area contributed by atoms with Crippen LogP contribution in [0.3, 0.4) is 0 Å². The van der Waals surface area contributed by atoms with E-state index in [0.717, 1.165) is 6.07 Å². The van der Waals surface area contributed by atoms with Gasteiger partial charge in [-0.2, -0.15) is 0 Å². The van der Waals surface area contributed by atoms with E-state index in [9.17, 15) is 23.5 Å². The first kappa shape index (κ1) is 34.4. The first-order valence-corrected chi connectivity index (χ1v) is 18.0. The number of ether oxygens (including phenoxy) is 1. The van der Waals surface area contributed by atoms with Crippen LogP contribution in [0.5, 0.6) is 11.6 Å². The maximum absolute atomic E-state index is 14.9. The lowest BCUT2D eigenvalue weighted by Crippen LogP contribution is -2.50. The van der Waals surface area contributed by atoms with Crippen LogP contribution in [-0.2, 0) is 23.1 Å². The van der Waals surface area contributed by atoms with Crippen molar-refractivity contribution in [1.82, 2.24) is 10.3 Å². The molecule has 3 aromatic rings. The van der Waals surface area contributed by atoms with Gasteiger partial charge in [0.1, 0.15) is 30.0 Å². The molecule has 0 saturated carbocycles. The third-order valence-electron chi connectivity index (χ3n) is 8.63. The number of hydrogen-bond donors (Lipinski definition) is 2. The fourth-order valence-electron chi connectivity index (χ4n) is 5.08. The van der Waals surface area contributed by atoms with Gasteiger partial charge in [-0.1, -0.05) is 58.7 Å². The first-order valence-electron chi connectivity index (χ1n) is 15.1. The van der Waals surface area contributed by atoms with Crippen molar-refractivity contribution in [1.29, 1.82) is 0 Å². The van der Waals surface area contributed by atoms with Crippen molar-refractivity contribution in [2.24, 2.45) is 0 Å². The molecule has 2 N–H and O–H groups in total. The van der Waals surface area contributed by atoms with Gasteiger partial charge in [0.25, 0.3) is 8.32 Å². The van der Waals surface area contributed by atoms with E-state index < -0.39 is 43.4 Å². The Kier molecular flexibility index (Phi) is 9.83. The molecule has 0 saturated heterocycles. The molecule has 46 heavy (non-hydrogen) atoms. The van der Waals surface area contributed by atoms with Gasteiger partial charge in [0, 0.05) is 36.4 Å². The van der Waals surface area contributed by atoms with Gasteiger partial charge in [-0.15, -0.1) is 6.42 Å². The Balaban J connectivity index is 1.76. The zero-order valence-electron chi connectivity index (χ0n) is 27.3. The van der Waals surface area contributed by atoms with Gasteiger partial charge >= 0.3 is 6.09 Å².